The van der Waals surface area contributed by atoms with E-state index < -0.39 is 10.8 Å². The van der Waals surface area contributed by atoms with Crippen LogP contribution in [0.1, 0.15) is 44.5 Å². The number of nitrogens with zero attached hydrogens (tertiary/aromatic N) is 1. The highest BCUT2D eigenvalue weighted by atomic mass is 32.2. The second-order valence-electron chi connectivity index (χ2n) is 19.1. The van der Waals surface area contributed by atoms with Crippen molar-refractivity contribution in [1.82, 2.24) is 0 Å². The van der Waals surface area contributed by atoms with E-state index in [1.165, 1.54) is 87.7 Å². The molecule has 11 aromatic carbocycles. The first kappa shape index (κ1) is 40.3. The Morgan fingerprint density at radius 2 is 0.704 bits per heavy atom. The van der Waals surface area contributed by atoms with E-state index in [1.807, 2.05) is 11.8 Å². The molecule has 71 heavy (non-hydrogen) atoms. The maximum absolute atomic E-state index is 6.68. The number of ether oxygens (including phenoxy) is 1. The molecule has 0 bridgehead atoms. The van der Waals surface area contributed by atoms with Crippen molar-refractivity contribution in [2.75, 3.05) is 4.90 Å². The summed E-state index contributed by atoms with van der Waals surface area (Å²) in [7, 11) is 0. The zero-order chi connectivity index (χ0) is 46.7. The number of hydrogen-bond acceptors (Lipinski definition) is 3. The van der Waals surface area contributed by atoms with Crippen LogP contribution in [0.4, 0.5) is 17.1 Å². The zero-order valence-corrected chi connectivity index (χ0v) is 39.4. The molecule has 2 heterocycles. The molecule has 4 aliphatic rings. The minimum atomic E-state index is -0.553. The summed E-state index contributed by atoms with van der Waals surface area (Å²) in [4.78, 5) is 5.08. The summed E-state index contributed by atoms with van der Waals surface area (Å²) >= 11 is 1.88. The Balaban J connectivity index is 0.960. The first-order chi connectivity index (χ1) is 35.2. The fourth-order valence-electron chi connectivity index (χ4n) is 12.7. The molecule has 15 rings (SSSR count). The van der Waals surface area contributed by atoms with Crippen molar-refractivity contribution in [3.05, 3.63) is 305 Å². The third kappa shape index (κ3) is 5.67. The second kappa shape index (κ2) is 15.4. The van der Waals surface area contributed by atoms with Gasteiger partial charge in [-0.3, -0.25) is 0 Å². The lowest BCUT2D eigenvalue weighted by molar-refractivity contribution is 0.436. The summed E-state index contributed by atoms with van der Waals surface area (Å²) in [5.74, 6) is 1.79. The molecule has 0 aromatic heterocycles. The van der Waals surface area contributed by atoms with Crippen molar-refractivity contribution in [3.8, 4) is 56.0 Å². The SMILES string of the molecule is c1ccc(-c2cccc(-c3ccc(N(c4ccc5c(c4)-c4ccccc4C54c5ccccc5Oc5ccccc54)c4ccc5c(c4)C4(c6ccccc6Sc6ccccc64)c4ccccc4-5)cc3)c2)cc1. The molecule has 2 aliphatic heterocycles. The predicted molar refractivity (Wildman–Crippen MR) is 291 cm³/mol. The fourth-order valence-corrected chi connectivity index (χ4v) is 13.9. The van der Waals surface area contributed by atoms with E-state index in [9.17, 15) is 0 Å². The van der Waals surface area contributed by atoms with Crippen LogP contribution in [0.15, 0.2) is 271 Å². The Kier molecular flexibility index (Phi) is 8.76. The maximum Gasteiger partial charge on any atom is 0.132 e. The Labute approximate surface area is 418 Å². The fraction of sp³-hybridized carbons (Fsp3) is 0.0294. The Bertz CT molecular complexity index is 3870. The first-order valence-electron chi connectivity index (χ1n) is 24.5. The van der Waals surface area contributed by atoms with E-state index in [2.05, 4.69) is 266 Å². The van der Waals surface area contributed by atoms with Crippen LogP contribution in [0.2, 0.25) is 0 Å². The summed E-state index contributed by atoms with van der Waals surface area (Å²) in [6.07, 6.45) is 0. The minimum Gasteiger partial charge on any atom is -0.457 e. The average Bonchev–Trinajstić information content (AvgIpc) is 3.90. The lowest BCUT2D eigenvalue weighted by Gasteiger charge is -2.40. The Morgan fingerprint density at radius 1 is 0.268 bits per heavy atom. The number of benzene rings is 11. The van der Waals surface area contributed by atoms with E-state index >= 15 is 0 Å². The van der Waals surface area contributed by atoms with E-state index in [-0.39, 0.29) is 0 Å². The van der Waals surface area contributed by atoms with Crippen molar-refractivity contribution in [2.24, 2.45) is 0 Å². The van der Waals surface area contributed by atoms with Crippen molar-refractivity contribution < 1.29 is 4.74 Å². The summed E-state index contributed by atoms with van der Waals surface area (Å²) < 4.78 is 6.68. The van der Waals surface area contributed by atoms with E-state index in [0.29, 0.717) is 0 Å². The molecule has 2 spiro atoms. The molecule has 332 valence electrons. The van der Waals surface area contributed by atoms with Crippen LogP contribution in [-0.4, -0.2) is 0 Å². The topological polar surface area (TPSA) is 12.5 Å². The average molecular weight is 922 g/mol. The number of anilines is 3. The van der Waals surface area contributed by atoms with Gasteiger partial charge in [-0.2, -0.15) is 0 Å². The summed E-state index contributed by atoms with van der Waals surface area (Å²) in [6, 6.07) is 96.6. The number of fused-ring (bicyclic) bond motifs is 18. The Hall–Kier alpha value is -8.63. The molecule has 0 unspecified atom stereocenters. The lowest BCUT2D eigenvalue weighted by Crippen LogP contribution is -2.32. The predicted octanol–water partition coefficient (Wildman–Crippen LogP) is 17.8. The van der Waals surface area contributed by atoms with Crippen LogP contribution < -0.4 is 9.64 Å². The van der Waals surface area contributed by atoms with Gasteiger partial charge in [0.05, 0.1) is 10.8 Å². The normalized spacial score (nSPS) is 14.2. The standard InChI is InChI=1S/C68H43NOS/c1-2-17-44(18-3-1)46-19-16-20-47(41-46)45-33-35-48(36-34-45)69(49-38-40-57-54(42-49)52-22-5-7-24-56(52)67(57)58-25-8-12-29-63(58)70-64-30-13-9-26-59(64)67)50-37-39-53-51-21-4-6-23-55(51)68(62(53)43-50)60-27-10-14-31-65(60)71-66-32-15-11-28-61(66)68/h1-43H. The molecule has 0 saturated carbocycles. The highest BCUT2D eigenvalue weighted by Gasteiger charge is 2.52. The monoisotopic (exact) mass is 921 g/mol. The zero-order valence-electron chi connectivity index (χ0n) is 38.6. The van der Waals surface area contributed by atoms with Crippen LogP contribution >= 0.6 is 11.8 Å². The third-order valence-corrected chi connectivity index (χ3v) is 16.8. The van der Waals surface area contributed by atoms with Crippen molar-refractivity contribution in [2.45, 2.75) is 20.6 Å². The van der Waals surface area contributed by atoms with Gasteiger partial charge in [-0.05, 0) is 145 Å². The summed E-state index contributed by atoms with van der Waals surface area (Å²) in [5.41, 5.74) is 22.2. The van der Waals surface area contributed by atoms with Gasteiger partial charge in [-0.15, -0.1) is 0 Å². The largest absolute Gasteiger partial charge is 0.457 e. The van der Waals surface area contributed by atoms with Crippen LogP contribution in [0.3, 0.4) is 0 Å². The molecular weight excluding hydrogens is 879 g/mol. The molecule has 0 fully saturated rings. The number of hydrogen-bond donors (Lipinski definition) is 0. The summed E-state index contributed by atoms with van der Waals surface area (Å²) in [5, 5.41) is 0. The first-order valence-corrected chi connectivity index (χ1v) is 25.3. The molecular formula is C68H43NOS. The second-order valence-corrected chi connectivity index (χ2v) is 20.2. The maximum atomic E-state index is 6.68. The van der Waals surface area contributed by atoms with Gasteiger partial charge in [0.1, 0.15) is 11.5 Å². The Morgan fingerprint density at radius 3 is 1.35 bits per heavy atom. The van der Waals surface area contributed by atoms with Crippen LogP contribution in [0.5, 0.6) is 11.5 Å². The number of rotatable bonds is 5. The lowest BCUT2D eigenvalue weighted by atomic mass is 9.66. The van der Waals surface area contributed by atoms with Crippen molar-refractivity contribution in [3.63, 3.8) is 0 Å². The van der Waals surface area contributed by atoms with E-state index in [0.717, 1.165) is 39.7 Å². The van der Waals surface area contributed by atoms with Crippen molar-refractivity contribution in [1.29, 1.82) is 0 Å². The quantitative estimate of drug-likeness (QED) is 0.171. The van der Waals surface area contributed by atoms with Gasteiger partial charge in [0.2, 0.25) is 0 Å². The van der Waals surface area contributed by atoms with Gasteiger partial charge in [0.15, 0.2) is 0 Å². The van der Waals surface area contributed by atoms with Crippen molar-refractivity contribution >= 4 is 28.8 Å². The van der Waals surface area contributed by atoms with Gasteiger partial charge in [-0.1, -0.05) is 206 Å². The number of para-hydroxylation sites is 2. The van der Waals surface area contributed by atoms with Gasteiger partial charge < -0.3 is 9.64 Å². The van der Waals surface area contributed by atoms with Crippen LogP contribution in [-0.2, 0) is 10.8 Å². The molecule has 2 aliphatic carbocycles. The molecule has 3 heteroatoms. The molecule has 0 radical (unpaired) electrons. The van der Waals surface area contributed by atoms with Gasteiger partial charge in [-0.25, -0.2) is 0 Å². The third-order valence-electron chi connectivity index (χ3n) is 15.6. The van der Waals surface area contributed by atoms with Crippen LogP contribution in [0, 0.1) is 0 Å². The van der Waals surface area contributed by atoms with Gasteiger partial charge in [0.25, 0.3) is 0 Å². The molecule has 0 saturated heterocycles. The summed E-state index contributed by atoms with van der Waals surface area (Å²) in [6.45, 7) is 0. The van der Waals surface area contributed by atoms with Crippen LogP contribution in [0.25, 0.3) is 44.5 Å². The highest BCUT2D eigenvalue weighted by molar-refractivity contribution is 7.99. The molecule has 2 nitrogen and oxygen atoms in total. The van der Waals surface area contributed by atoms with E-state index in [1.54, 1.807) is 0 Å². The smallest absolute Gasteiger partial charge is 0.132 e. The molecule has 0 atom stereocenters. The van der Waals surface area contributed by atoms with Gasteiger partial charge >= 0.3 is 0 Å². The highest BCUT2D eigenvalue weighted by Crippen LogP contribution is 2.65. The molecule has 0 amide bonds. The molecule has 11 aromatic rings. The molecule has 0 N–H and O–H groups in total. The van der Waals surface area contributed by atoms with Gasteiger partial charge in [0, 0.05) is 38.0 Å². The minimum absolute atomic E-state index is 0.507. The van der Waals surface area contributed by atoms with E-state index in [4.69, 9.17) is 4.74 Å².